The third-order valence-electron chi connectivity index (χ3n) is 10.5. The average molecular weight is 735 g/mol. The lowest BCUT2D eigenvalue weighted by molar-refractivity contribution is -0.137. The predicted octanol–water partition coefficient (Wildman–Crippen LogP) is 11.0. The number of esters is 1. The van der Waals surface area contributed by atoms with Gasteiger partial charge in [0.1, 0.15) is 11.5 Å². The van der Waals surface area contributed by atoms with Gasteiger partial charge >= 0.3 is 5.97 Å². The van der Waals surface area contributed by atoms with Crippen molar-refractivity contribution < 1.29 is 19.4 Å². The van der Waals surface area contributed by atoms with E-state index in [1.54, 1.807) is 0 Å². The van der Waals surface area contributed by atoms with Crippen molar-refractivity contribution in [3.8, 4) is 11.5 Å². The highest BCUT2D eigenvalue weighted by Crippen LogP contribution is 2.38. The largest absolute Gasteiger partial charge is 0.508 e. The quantitative estimate of drug-likeness (QED) is 0.0720. The van der Waals surface area contributed by atoms with Gasteiger partial charge in [-0.25, -0.2) is 0 Å². The topological polar surface area (TPSA) is 62.2 Å². The summed E-state index contributed by atoms with van der Waals surface area (Å²) < 4.78 is 12.5. The lowest BCUT2D eigenvalue weighted by Gasteiger charge is -2.32. The molecule has 6 nitrogen and oxygen atoms in total. The van der Waals surface area contributed by atoms with E-state index >= 15 is 0 Å². The van der Waals surface area contributed by atoms with Gasteiger partial charge in [-0.15, -0.1) is 0 Å². The van der Waals surface area contributed by atoms with E-state index in [0.29, 0.717) is 48.9 Å². The Hall–Kier alpha value is -3.97. The fourth-order valence-electron chi connectivity index (χ4n) is 7.69. The molecule has 4 rings (SSSR count). The van der Waals surface area contributed by atoms with Crippen molar-refractivity contribution in [2.45, 2.75) is 131 Å². The van der Waals surface area contributed by atoms with Gasteiger partial charge in [0.15, 0.2) is 0 Å². The Morgan fingerprint density at radius 3 is 1.44 bits per heavy atom. The Kier molecular flexibility index (Phi) is 16.3. The minimum Gasteiger partial charge on any atom is -0.508 e. The number of aromatic hydroxyl groups is 1. The molecule has 0 aliphatic rings. The van der Waals surface area contributed by atoms with Crippen molar-refractivity contribution in [2.75, 3.05) is 13.1 Å². The normalized spacial score (nSPS) is 13.2. The molecule has 0 saturated heterocycles. The summed E-state index contributed by atoms with van der Waals surface area (Å²) in [6.07, 6.45) is 1.77. The highest BCUT2D eigenvalue weighted by molar-refractivity contribution is 5.75. The molecule has 0 radical (unpaired) electrons. The average Bonchev–Trinajstić information content (AvgIpc) is 3.13. The molecule has 0 heterocycles. The first-order chi connectivity index (χ1) is 25.8. The van der Waals surface area contributed by atoms with Gasteiger partial charge < -0.3 is 14.6 Å². The van der Waals surface area contributed by atoms with E-state index in [0.717, 1.165) is 48.2 Å². The zero-order chi connectivity index (χ0) is 39.4. The minimum atomic E-state index is -0.241. The van der Waals surface area contributed by atoms with E-state index in [4.69, 9.17) is 9.47 Å². The summed E-state index contributed by atoms with van der Waals surface area (Å²) in [6, 6.07) is 34.7. The predicted molar refractivity (Wildman–Crippen MR) is 223 cm³/mol. The maximum absolute atomic E-state index is 12.9. The third-order valence-corrected chi connectivity index (χ3v) is 10.5. The first-order valence-electron chi connectivity index (χ1n) is 20.1. The lowest BCUT2D eigenvalue weighted by atomic mass is 9.86. The summed E-state index contributed by atoms with van der Waals surface area (Å²) in [5.74, 6) is 0.510. The molecule has 0 aliphatic heterocycles. The van der Waals surface area contributed by atoms with Gasteiger partial charge in [-0.1, -0.05) is 86.6 Å². The van der Waals surface area contributed by atoms with E-state index in [2.05, 4.69) is 126 Å². The fraction of sp³-hybridized carbons (Fsp3) is 0.479. The van der Waals surface area contributed by atoms with Crippen molar-refractivity contribution in [3.05, 3.63) is 130 Å². The number of nitrogens with zero attached hydrogens (tertiary/aromatic N) is 2. The maximum atomic E-state index is 12.9. The smallest absolute Gasteiger partial charge is 0.313 e. The van der Waals surface area contributed by atoms with E-state index in [-0.39, 0.29) is 23.7 Å². The number of ether oxygens (including phenoxy) is 2. The number of hydrogen-bond donors (Lipinski definition) is 1. The van der Waals surface area contributed by atoms with Crippen molar-refractivity contribution in [1.82, 2.24) is 9.80 Å². The fourth-order valence-corrected chi connectivity index (χ4v) is 7.69. The summed E-state index contributed by atoms with van der Waals surface area (Å²) in [7, 11) is 0. The van der Waals surface area contributed by atoms with Crippen molar-refractivity contribution in [1.29, 1.82) is 0 Å². The molecule has 292 valence electrons. The number of phenols is 1. The molecule has 0 aromatic heterocycles. The third kappa shape index (κ3) is 12.0. The van der Waals surface area contributed by atoms with Crippen LogP contribution in [0, 0.1) is 5.92 Å². The van der Waals surface area contributed by atoms with Crippen LogP contribution in [-0.4, -0.2) is 58.1 Å². The first-order valence-corrected chi connectivity index (χ1v) is 20.1. The number of rotatable bonds is 20. The summed E-state index contributed by atoms with van der Waals surface area (Å²) >= 11 is 0. The maximum Gasteiger partial charge on any atom is 0.313 e. The Balaban J connectivity index is 1.61. The summed E-state index contributed by atoms with van der Waals surface area (Å²) in [6.45, 7) is 24.3. The zero-order valence-corrected chi connectivity index (χ0v) is 34.6. The molecule has 54 heavy (non-hydrogen) atoms. The molecule has 6 heteroatoms. The Bertz CT molecular complexity index is 1700. The molecule has 4 aromatic rings. The highest BCUT2D eigenvalue weighted by atomic mass is 16.5. The second-order valence-corrected chi connectivity index (χ2v) is 16.2. The lowest BCUT2D eigenvalue weighted by Crippen LogP contribution is -2.38. The van der Waals surface area contributed by atoms with E-state index in [1.165, 1.54) is 11.1 Å². The summed E-state index contributed by atoms with van der Waals surface area (Å²) in [4.78, 5) is 18.0. The Morgan fingerprint density at radius 1 is 0.574 bits per heavy atom. The van der Waals surface area contributed by atoms with Crippen molar-refractivity contribution in [3.63, 3.8) is 0 Å². The second-order valence-electron chi connectivity index (χ2n) is 16.2. The molecular weight excluding hydrogens is 669 g/mol. The monoisotopic (exact) mass is 735 g/mol. The van der Waals surface area contributed by atoms with Crippen LogP contribution >= 0.6 is 0 Å². The summed E-state index contributed by atoms with van der Waals surface area (Å²) in [5.41, 5.74) is 6.35. The number of phenolic OH excluding ortho intramolecular Hbond substituents is 1. The van der Waals surface area contributed by atoms with Gasteiger partial charge in [-0.05, 0) is 128 Å². The molecule has 0 amide bonds. The Labute approximate surface area is 326 Å². The molecule has 0 aliphatic carbocycles. The molecule has 0 fully saturated rings. The molecular formula is C48H66N2O4. The van der Waals surface area contributed by atoms with Crippen LogP contribution in [0.4, 0.5) is 0 Å². The minimum absolute atomic E-state index is 0.0259. The molecule has 0 spiro atoms. The molecule has 2 atom stereocenters. The molecule has 4 aromatic carbocycles. The second kappa shape index (κ2) is 20.6. The molecule has 0 saturated carbocycles. The van der Waals surface area contributed by atoms with Crippen LogP contribution in [-0.2, 0) is 22.7 Å². The van der Waals surface area contributed by atoms with Gasteiger partial charge in [0.05, 0.1) is 19.1 Å². The number of carbonyl (C=O) groups is 1. The van der Waals surface area contributed by atoms with Crippen LogP contribution in [0.15, 0.2) is 97.1 Å². The van der Waals surface area contributed by atoms with Crippen molar-refractivity contribution >= 4 is 5.97 Å². The van der Waals surface area contributed by atoms with Gasteiger partial charge in [-0.3, -0.25) is 14.6 Å². The number of carbonyl (C=O) groups excluding carboxylic acids is 1. The van der Waals surface area contributed by atoms with Gasteiger partial charge in [-0.2, -0.15) is 0 Å². The molecule has 1 N–H and O–H groups in total. The Morgan fingerprint density at radius 2 is 1.00 bits per heavy atom. The summed E-state index contributed by atoms with van der Waals surface area (Å²) in [5, 5.41) is 11.2. The number of hydrogen-bond acceptors (Lipinski definition) is 6. The van der Waals surface area contributed by atoms with Crippen LogP contribution < -0.4 is 4.74 Å². The zero-order valence-electron chi connectivity index (χ0n) is 34.6. The highest BCUT2D eigenvalue weighted by Gasteiger charge is 2.25. The first kappa shape index (κ1) is 42.8. The molecule has 0 unspecified atom stereocenters. The van der Waals surface area contributed by atoms with E-state index in [1.807, 2.05) is 50.2 Å². The van der Waals surface area contributed by atoms with E-state index in [9.17, 15) is 9.90 Å². The molecule has 0 bridgehead atoms. The standard InChI is InChI=1S/C48H66N2O4/c1-33(2)48(52)54-47-24-22-39(30-45(47)43(41-19-15-12-16-20-41)26-28-50(36(7)8)37(9)10)32-53-31-38-21-23-46(51)44(29-38)42(40-17-13-11-14-18-40)25-27-49(34(3)4)35(5)6/h11-24,29-30,33-37,42-43,51H,25-28,31-32H2,1-10H3/t42-,43+/m0/s1. The van der Waals surface area contributed by atoms with Gasteiger partial charge in [0.25, 0.3) is 0 Å². The van der Waals surface area contributed by atoms with Gasteiger partial charge in [0.2, 0.25) is 0 Å². The number of benzene rings is 4. The van der Waals surface area contributed by atoms with Gasteiger partial charge in [0, 0.05) is 47.1 Å². The van der Waals surface area contributed by atoms with E-state index < -0.39 is 0 Å². The van der Waals surface area contributed by atoms with Crippen LogP contribution in [0.2, 0.25) is 0 Å². The van der Waals surface area contributed by atoms with Crippen LogP contribution in [0.5, 0.6) is 11.5 Å². The SMILES string of the molecule is CC(C)C(=O)Oc1ccc(COCc2ccc(O)c([C@@H](CCN(C(C)C)C(C)C)c3ccccc3)c2)cc1[C@H](CCN(C(C)C)C(C)C)c1ccccc1. The van der Waals surface area contributed by atoms with Crippen LogP contribution in [0.1, 0.15) is 127 Å². The van der Waals surface area contributed by atoms with Crippen LogP contribution in [0.25, 0.3) is 0 Å². The van der Waals surface area contributed by atoms with Crippen molar-refractivity contribution in [2.24, 2.45) is 5.92 Å². The van der Waals surface area contributed by atoms with Crippen LogP contribution in [0.3, 0.4) is 0 Å².